The standard InChI is InChI=1S/C38H48F2N4O6S/c1-6-38(39,40)26-44-29(9-8-18-41-33-13-12-30(24-35(33)48-5)51(46,47)25-27-16-21-49-22-17-27)23-31-32(10-7-11-34(31)44)42-28-14-19-43(20-15-28)36(45)50-37(2,3)4/h6-7,10-13,23-24,27-28,41-42H,1,14-22,25-26H2,2-5H3. The normalized spacial score (nSPS) is 16.3. The first-order valence-electron chi connectivity index (χ1n) is 17.3. The van der Waals surface area contributed by atoms with Gasteiger partial charge >= 0.3 is 6.09 Å². The summed E-state index contributed by atoms with van der Waals surface area (Å²) in [5.41, 5.74) is 1.79. The summed E-state index contributed by atoms with van der Waals surface area (Å²) in [5.74, 6) is 3.39. The summed E-state index contributed by atoms with van der Waals surface area (Å²) in [6, 6.07) is 12.1. The molecule has 2 aliphatic rings. The van der Waals surface area contributed by atoms with Crippen LogP contribution < -0.4 is 15.4 Å². The van der Waals surface area contributed by atoms with Crippen molar-refractivity contribution in [2.75, 3.05) is 56.3 Å². The summed E-state index contributed by atoms with van der Waals surface area (Å²) in [4.78, 5) is 14.4. The number of alkyl halides is 2. The van der Waals surface area contributed by atoms with Gasteiger partial charge in [0.1, 0.15) is 11.4 Å². The number of amides is 1. The predicted octanol–water partition coefficient (Wildman–Crippen LogP) is 6.95. The molecule has 1 aromatic heterocycles. The summed E-state index contributed by atoms with van der Waals surface area (Å²) in [5, 5.41) is 7.48. The molecule has 276 valence electrons. The van der Waals surface area contributed by atoms with Crippen LogP contribution in [0.25, 0.3) is 10.9 Å². The number of hydrogen-bond acceptors (Lipinski definition) is 8. The Morgan fingerprint density at radius 2 is 1.80 bits per heavy atom. The van der Waals surface area contributed by atoms with Gasteiger partial charge in [-0.2, -0.15) is 0 Å². The molecule has 3 heterocycles. The number of carbonyl (C=O) groups excluding carboxylic acids is 1. The first kappa shape index (κ1) is 38.0. The third-order valence-corrected chi connectivity index (χ3v) is 10.9. The average Bonchev–Trinajstić information content (AvgIpc) is 3.43. The van der Waals surface area contributed by atoms with Crippen molar-refractivity contribution < 1.29 is 36.2 Å². The second-order valence-electron chi connectivity index (χ2n) is 14.1. The molecule has 0 atom stereocenters. The van der Waals surface area contributed by atoms with Crippen molar-refractivity contribution in [3.05, 3.63) is 60.8 Å². The van der Waals surface area contributed by atoms with Crippen molar-refractivity contribution in [1.82, 2.24) is 9.47 Å². The Kier molecular flexibility index (Phi) is 11.9. The molecule has 2 aromatic carbocycles. The van der Waals surface area contributed by atoms with Crippen LogP contribution in [-0.2, 0) is 25.9 Å². The summed E-state index contributed by atoms with van der Waals surface area (Å²) in [6.45, 7) is 10.6. The molecule has 2 aliphatic heterocycles. The van der Waals surface area contributed by atoms with Gasteiger partial charge in [-0.05, 0) is 94.7 Å². The Labute approximate surface area is 299 Å². The molecule has 2 saturated heterocycles. The zero-order valence-electron chi connectivity index (χ0n) is 29.8. The van der Waals surface area contributed by atoms with E-state index in [2.05, 4.69) is 29.1 Å². The van der Waals surface area contributed by atoms with E-state index in [9.17, 15) is 22.0 Å². The third kappa shape index (κ3) is 9.95. The third-order valence-electron chi connectivity index (χ3n) is 9.03. The van der Waals surface area contributed by atoms with E-state index in [1.807, 2.05) is 32.9 Å². The van der Waals surface area contributed by atoms with E-state index < -0.39 is 27.9 Å². The van der Waals surface area contributed by atoms with Crippen molar-refractivity contribution in [3.63, 3.8) is 0 Å². The number of allylic oxidation sites excluding steroid dienone is 1. The van der Waals surface area contributed by atoms with Crippen LogP contribution in [0.4, 0.5) is 25.0 Å². The molecule has 2 fully saturated rings. The molecule has 2 N–H and O–H groups in total. The Balaban J connectivity index is 1.31. The number of rotatable bonds is 11. The van der Waals surface area contributed by atoms with Gasteiger partial charge in [0, 0.05) is 49.5 Å². The average molecular weight is 727 g/mol. The fraction of sp³-hybridized carbons (Fsp3) is 0.500. The number of aromatic nitrogens is 1. The number of piperidine rings is 1. The number of halogens is 2. The first-order valence-corrected chi connectivity index (χ1v) is 18.9. The largest absolute Gasteiger partial charge is 0.495 e. The maximum atomic E-state index is 14.7. The lowest BCUT2D eigenvalue weighted by atomic mass is 10.0. The molecule has 13 heteroatoms. The van der Waals surface area contributed by atoms with Crippen LogP contribution in [-0.4, -0.2) is 87.3 Å². The Bertz CT molecular complexity index is 1880. The van der Waals surface area contributed by atoms with E-state index in [0.717, 1.165) is 11.1 Å². The number of benzene rings is 2. The molecule has 3 aromatic rings. The maximum absolute atomic E-state index is 14.7. The van der Waals surface area contributed by atoms with Gasteiger partial charge in [0.2, 0.25) is 0 Å². The molecular formula is C38H48F2N4O6S. The van der Waals surface area contributed by atoms with Gasteiger partial charge < -0.3 is 34.3 Å². The minimum absolute atomic E-state index is 0.0562. The van der Waals surface area contributed by atoms with Crippen LogP contribution in [0.1, 0.15) is 52.1 Å². The van der Waals surface area contributed by atoms with Crippen LogP contribution in [0.15, 0.2) is 60.0 Å². The van der Waals surface area contributed by atoms with E-state index in [-0.39, 0.29) is 35.2 Å². The van der Waals surface area contributed by atoms with Crippen molar-refractivity contribution in [1.29, 1.82) is 0 Å². The molecule has 0 radical (unpaired) electrons. The summed E-state index contributed by atoms with van der Waals surface area (Å²) in [7, 11) is -2.05. The smallest absolute Gasteiger partial charge is 0.410 e. The summed E-state index contributed by atoms with van der Waals surface area (Å²) in [6.07, 6.45) is 3.15. The lowest BCUT2D eigenvalue weighted by Gasteiger charge is -2.34. The number of sulfone groups is 1. The van der Waals surface area contributed by atoms with Crippen molar-refractivity contribution in [2.24, 2.45) is 5.92 Å². The second-order valence-corrected chi connectivity index (χ2v) is 16.1. The number of ether oxygens (including phenoxy) is 3. The molecule has 1 amide bonds. The van der Waals surface area contributed by atoms with E-state index >= 15 is 0 Å². The number of anilines is 2. The minimum atomic E-state index is -3.52. The van der Waals surface area contributed by atoms with Crippen LogP contribution in [0.5, 0.6) is 5.75 Å². The molecule has 51 heavy (non-hydrogen) atoms. The number of hydrogen-bond donors (Lipinski definition) is 2. The lowest BCUT2D eigenvalue weighted by molar-refractivity contribution is 0.0210. The van der Waals surface area contributed by atoms with Gasteiger partial charge in [-0.3, -0.25) is 0 Å². The number of nitrogens with one attached hydrogen (secondary N) is 2. The highest BCUT2D eigenvalue weighted by Crippen LogP contribution is 2.32. The predicted molar refractivity (Wildman–Crippen MR) is 195 cm³/mol. The molecule has 0 spiro atoms. The Morgan fingerprint density at radius 3 is 2.47 bits per heavy atom. The van der Waals surface area contributed by atoms with Gasteiger partial charge in [-0.15, -0.1) is 0 Å². The van der Waals surface area contributed by atoms with Crippen LogP contribution in [0.3, 0.4) is 0 Å². The van der Waals surface area contributed by atoms with E-state index in [4.69, 9.17) is 14.2 Å². The molecule has 0 bridgehead atoms. The van der Waals surface area contributed by atoms with Gasteiger partial charge in [0.25, 0.3) is 5.92 Å². The van der Waals surface area contributed by atoms with Crippen molar-refractivity contribution >= 4 is 38.2 Å². The highest BCUT2D eigenvalue weighted by molar-refractivity contribution is 7.91. The fourth-order valence-corrected chi connectivity index (χ4v) is 8.03. The molecule has 0 saturated carbocycles. The summed E-state index contributed by atoms with van der Waals surface area (Å²) < 4.78 is 73.5. The number of carbonyl (C=O) groups is 1. The van der Waals surface area contributed by atoms with Gasteiger partial charge in [0.05, 0.1) is 47.7 Å². The summed E-state index contributed by atoms with van der Waals surface area (Å²) >= 11 is 0. The number of methoxy groups -OCH3 is 1. The fourth-order valence-electron chi connectivity index (χ4n) is 6.32. The minimum Gasteiger partial charge on any atom is -0.495 e. The van der Waals surface area contributed by atoms with Crippen LogP contribution in [0, 0.1) is 17.8 Å². The quantitative estimate of drug-likeness (QED) is 0.162. The number of fused-ring (bicyclic) bond motifs is 1. The van der Waals surface area contributed by atoms with Crippen LogP contribution >= 0.6 is 0 Å². The Hall–Kier alpha value is -4.28. The van der Waals surface area contributed by atoms with E-state index in [0.29, 0.717) is 80.7 Å². The Morgan fingerprint density at radius 1 is 1.08 bits per heavy atom. The maximum Gasteiger partial charge on any atom is 0.410 e. The highest BCUT2D eigenvalue weighted by Gasteiger charge is 2.29. The van der Waals surface area contributed by atoms with Crippen LogP contribution in [0.2, 0.25) is 0 Å². The van der Waals surface area contributed by atoms with Gasteiger partial charge in [-0.25, -0.2) is 22.0 Å². The van der Waals surface area contributed by atoms with Crippen molar-refractivity contribution in [2.45, 2.75) is 75.5 Å². The monoisotopic (exact) mass is 726 g/mol. The zero-order chi connectivity index (χ0) is 36.8. The SMILES string of the molecule is C=CC(F)(F)Cn1c(C#CCNc2ccc(S(=O)(=O)CC3CCOCC3)cc2OC)cc2c(NC3CCN(C(=O)OC(C)(C)C)CC3)cccc21. The topological polar surface area (TPSA) is 111 Å². The van der Waals surface area contributed by atoms with E-state index in [1.165, 1.54) is 17.7 Å². The van der Waals surface area contributed by atoms with Crippen molar-refractivity contribution in [3.8, 4) is 17.6 Å². The molecule has 0 unspecified atom stereocenters. The molecule has 5 rings (SSSR count). The zero-order valence-corrected chi connectivity index (χ0v) is 30.6. The molecule has 0 aliphatic carbocycles. The lowest BCUT2D eigenvalue weighted by Crippen LogP contribution is -2.44. The highest BCUT2D eigenvalue weighted by atomic mass is 32.2. The number of nitrogens with zero attached hydrogens (tertiary/aromatic N) is 2. The first-order chi connectivity index (χ1) is 24.2. The number of likely N-dealkylation sites (tertiary alicyclic amines) is 1. The van der Waals surface area contributed by atoms with Gasteiger partial charge in [0.15, 0.2) is 9.84 Å². The molecule has 10 nitrogen and oxygen atoms in total. The molecular weight excluding hydrogens is 679 g/mol. The van der Waals surface area contributed by atoms with E-state index in [1.54, 1.807) is 29.2 Å². The van der Waals surface area contributed by atoms with Gasteiger partial charge in [-0.1, -0.05) is 18.6 Å². The second kappa shape index (κ2) is 15.9.